The Kier molecular flexibility index (Phi) is 34.3. The molecule has 0 spiro atoms. The largest absolute Gasteiger partial charge is 0.356 e. The molecular weight excluding hydrogens is 544 g/mol. The molecule has 200 valence electrons. The normalized spacial score (nSPS) is 11.1. The predicted molar refractivity (Wildman–Crippen MR) is 157 cm³/mol. The lowest BCUT2D eigenvalue weighted by molar-refractivity contribution is -0.121. The molecule has 0 saturated heterocycles. The van der Waals surface area contributed by atoms with Gasteiger partial charge in [0.05, 0.1) is 0 Å². The first-order valence-electron chi connectivity index (χ1n) is 13.1. The highest BCUT2D eigenvalue weighted by atomic mass is 79.9. The molecule has 33 heavy (non-hydrogen) atoms. The summed E-state index contributed by atoms with van der Waals surface area (Å²) in [6.45, 7) is 8.10. The molecule has 5 nitrogen and oxygen atoms in total. The van der Waals surface area contributed by atoms with Crippen LogP contribution in [0.5, 0.6) is 0 Å². The summed E-state index contributed by atoms with van der Waals surface area (Å²) < 4.78 is 0. The quantitative estimate of drug-likeness (QED) is 0.110. The number of carbonyl (C=O) groups is 1. The van der Waals surface area contributed by atoms with E-state index in [4.69, 9.17) is 5.73 Å². The summed E-state index contributed by atoms with van der Waals surface area (Å²) in [6.07, 6.45) is 21.3. The van der Waals surface area contributed by atoms with E-state index in [1.54, 1.807) is 0 Å². The second kappa shape index (κ2) is 30.1. The van der Waals surface area contributed by atoms with Crippen molar-refractivity contribution in [1.29, 1.82) is 0 Å². The van der Waals surface area contributed by atoms with Crippen LogP contribution in [0.15, 0.2) is 12.2 Å². The van der Waals surface area contributed by atoms with Gasteiger partial charge in [-0.05, 0) is 65.8 Å². The number of likely N-dealkylation sites (N-methyl/N-ethyl adjacent to an activating group) is 1. The fourth-order valence-electron chi connectivity index (χ4n) is 3.65. The molecule has 3 N–H and O–H groups in total. The molecule has 7 heteroatoms. The van der Waals surface area contributed by atoms with Gasteiger partial charge in [-0.25, -0.2) is 0 Å². The number of hydrogen-bond donors (Lipinski definition) is 2. The van der Waals surface area contributed by atoms with E-state index >= 15 is 0 Å². The molecule has 0 aliphatic carbocycles. The van der Waals surface area contributed by atoms with Gasteiger partial charge in [-0.15, -0.1) is 34.0 Å². The first-order valence-corrected chi connectivity index (χ1v) is 13.1. The topological polar surface area (TPSA) is 61.6 Å². The van der Waals surface area contributed by atoms with Crippen molar-refractivity contribution in [1.82, 2.24) is 15.1 Å². The Morgan fingerprint density at radius 3 is 2.00 bits per heavy atom. The summed E-state index contributed by atoms with van der Waals surface area (Å²) in [5.74, 6) is 0.232. The molecule has 1 amide bonds. The lowest BCUT2D eigenvalue weighted by atomic mass is 10.1. The smallest absolute Gasteiger partial charge is 0.219 e. The third kappa shape index (κ3) is 30.0. The number of nitrogens with two attached hydrogens (primary N) is 1. The molecule has 0 atom stereocenters. The molecule has 0 aromatic rings. The standard InChI is InChI=1S/C26H54N4O.2BrH/c1-4-5-6-7-8-9-10-11-13-19-26(31)28-21-14-17-24-29(2)22-15-12-16-23-30(3)25-18-20-27;;/h12,15H,4-11,13-14,16-25,27H2,1-3H3,(H,28,31);2*1H. The number of hydrogen-bond acceptors (Lipinski definition) is 4. The number of nitrogens with one attached hydrogen (secondary N) is 1. The van der Waals surface area contributed by atoms with E-state index in [1.165, 1.54) is 51.4 Å². The van der Waals surface area contributed by atoms with Gasteiger partial charge in [0.2, 0.25) is 5.91 Å². The van der Waals surface area contributed by atoms with E-state index in [2.05, 4.69) is 48.3 Å². The van der Waals surface area contributed by atoms with Crippen LogP contribution in [0, 0.1) is 0 Å². The van der Waals surface area contributed by atoms with Crippen LogP contribution in [0.1, 0.15) is 96.8 Å². The SMILES string of the molecule is Br.Br.CCCCCCCCCCCC(=O)NCCCCN(C)CC=CCCN(C)CCCN. The van der Waals surface area contributed by atoms with Crippen molar-refractivity contribution in [3.63, 3.8) is 0 Å². The Labute approximate surface area is 227 Å². The van der Waals surface area contributed by atoms with Gasteiger partial charge in [-0.3, -0.25) is 4.79 Å². The maximum atomic E-state index is 11.9. The van der Waals surface area contributed by atoms with Crippen LogP contribution in [-0.4, -0.2) is 69.1 Å². The first kappa shape index (κ1) is 37.6. The van der Waals surface area contributed by atoms with Gasteiger partial charge >= 0.3 is 0 Å². The van der Waals surface area contributed by atoms with E-state index in [0.717, 1.165) is 71.4 Å². The zero-order valence-electron chi connectivity index (χ0n) is 22.0. The Morgan fingerprint density at radius 2 is 1.36 bits per heavy atom. The average molecular weight is 601 g/mol. The van der Waals surface area contributed by atoms with Crippen molar-refractivity contribution in [2.75, 3.05) is 53.4 Å². The Morgan fingerprint density at radius 1 is 0.758 bits per heavy atom. The molecule has 0 aromatic heterocycles. The zero-order valence-corrected chi connectivity index (χ0v) is 25.4. The summed E-state index contributed by atoms with van der Waals surface area (Å²) >= 11 is 0. The molecular formula is C26H56Br2N4O. The fourth-order valence-corrected chi connectivity index (χ4v) is 3.65. The number of carbonyl (C=O) groups excluding carboxylic acids is 1. The summed E-state index contributed by atoms with van der Waals surface area (Å²) in [7, 11) is 4.32. The number of unbranched alkanes of at least 4 members (excludes halogenated alkanes) is 9. The minimum absolute atomic E-state index is 0. The third-order valence-corrected chi connectivity index (χ3v) is 5.80. The summed E-state index contributed by atoms with van der Waals surface area (Å²) in [4.78, 5) is 16.6. The second-order valence-corrected chi connectivity index (χ2v) is 9.10. The van der Waals surface area contributed by atoms with Crippen LogP contribution in [0.3, 0.4) is 0 Å². The maximum Gasteiger partial charge on any atom is 0.219 e. The molecule has 0 rings (SSSR count). The zero-order chi connectivity index (χ0) is 23.0. The molecule has 0 aliphatic rings. The molecule has 0 aliphatic heterocycles. The lowest BCUT2D eigenvalue weighted by Crippen LogP contribution is -2.25. The van der Waals surface area contributed by atoms with Crippen LogP contribution in [0.4, 0.5) is 0 Å². The minimum Gasteiger partial charge on any atom is -0.356 e. The Hall–Kier alpha value is 0.0500. The Balaban J connectivity index is -0.00000450. The highest BCUT2D eigenvalue weighted by Crippen LogP contribution is 2.10. The van der Waals surface area contributed by atoms with Gasteiger partial charge in [0.25, 0.3) is 0 Å². The molecule has 0 bridgehead atoms. The van der Waals surface area contributed by atoms with Crippen LogP contribution in [0.25, 0.3) is 0 Å². The molecule has 0 radical (unpaired) electrons. The molecule has 0 heterocycles. The number of nitrogens with zero attached hydrogens (tertiary/aromatic N) is 2. The minimum atomic E-state index is 0. The molecule has 0 fully saturated rings. The Bertz CT molecular complexity index is 425. The van der Waals surface area contributed by atoms with E-state index < -0.39 is 0 Å². The van der Waals surface area contributed by atoms with Crippen molar-refractivity contribution < 1.29 is 4.79 Å². The van der Waals surface area contributed by atoms with Crippen molar-refractivity contribution in [3.8, 4) is 0 Å². The van der Waals surface area contributed by atoms with Gasteiger partial charge in [0, 0.05) is 26.1 Å². The molecule has 0 saturated carbocycles. The summed E-state index contributed by atoms with van der Waals surface area (Å²) in [6, 6.07) is 0. The second-order valence-electron chi connectivity index (χ2n) is 9.10. The highest BCUT2D eigenvalue weighted by molar-refractivity contribution is 8.93. The number of amides is 1. The molecule has 0 aromatic carbocycles. The van der Waals surface area contributed by atoms with E-state index in [-0.39, 0.29) is 39.9 Å². The van der Waals surface area contributed by atoms with Gasteiger partial charge in [0.15, 0.2) is 0 Å². The van der Waals surface area contributed by atoms with Gasteiger partial charge in [-0.1, -0.05) is 70.4 Å². The predicted octanol–water partition coefficient (Wildman–Crippen LogP) is 6.12. The molecule has 0 unspecified atom stereocenters. The fraction of sp³-hybridized carbons (Fsp3) is 0.885. The number of rotatable bonds is 23. The van der Waals surface area contributed by atoms with E-state index in [0.29, 0.717) is 6.42 Å². The van der Waals surface area contributed by atoms with Gasteiger partial charge < -0.3 is 20.9 Å². The average Bonchev–Trinajstić information content (AvgIpc) is 2.76. The van der Waals surface area contributed by atoms with Crippen molar-refractivity contribution >= 4 is 39.9 Å². The van der Waals surface area contributed by atoms with Gasteiger partial charge in [-0.2, -0.15) is 0 Å². The monoisotopic (exact) mass is 598 g/mol. The summed E-state index contributed by atoms with van der Waals surface area (Å²) in [5.41, 5.74) is 5.54. The van der Waals surface area contributed by atoms with Crippen LogP contribution in [-0.2, 0) is 4.79 Å². The van der Waals surface area contributed by atoms with Gasteiger partial charge in [0.1, 0.15) is 0 Å². The van der Waals surface area contributed by atoms with Crippen molar-refractivity contribution in [3.05, 3.63) is 12.2 Å². The van der Waals surface area contributed by atoms with E-state index in [9.17, 15) is 4.79 Å². The van der Waals surface area contributed by atoms with Crippen LogP contribution in [0.2, 0.25) is 0 Å². The van der Waals surface area contributed by atoms with Crippen LogP contribution < -0.4 is 11.1 Å². The van der Waals surface area contributed by atoms with Crippen molar-refractivity contribution in [2.45, 2.75) is 96.8 Å². The number of halogens is 2. The third-order valence-electron chi connectivity index (χ3n) is 5.80. The first-order chi connectivity index (χ1) is 15.1. The lowest BCUT2D eigenvalue weighted by Gasteiger charge is -2.15. The maximum absolute atomic E-state index is 11.9. The van der Waals surface area contributed by atoms with E-state index in [1.807, 2.05) is 0 Å². The van der Waals surface area contributed by atoms with Crippen molar-refractivity contribution in [2.24, 2.45) is 5.73 Å². The highest BCUT2D eigenvalue weighted by Gasteiger charge is 2.01. The van der Waals surface area contributed by atoms with Crippen LogP contribution >= 0.6 is 34.0 Å². The summed E-state index contributed by atoms with van der Waals surface area (Å²) in [5, 5.41) is 3.08.